The van der Waals surface area contributed by atoms with Crippen LogP contribution >= 0.6 is 0 Å². The Hall–Kier alpha value is -2.30. The van der Waals surface area contributed by atoms with Crippen LogP contribution in [0.5, 0.6) is 0 Å². The van der Waals surface area contributed by atoms with Crippen molar-refractivity contribution in [3.8, 4) is 0 Å². The summed E-state index contributed by atoms with van der Waals surface area (Å²) in [6.07, 6.45) is 3.34. The van der Waals surface area contributed by atoms with Crippen molar-refractivity contribution in [1.29, 1.82) is 0 Å². The van der Waals surface area contributed by atoms with E-state index in [1.807, 2.05) is 20.8 Å². The third-order valence-corrected chi connectivity index (χ3v) is 5.85. The molecule has 1 aromatic rings. The second-order valence-electron chi connectivity index (χ2n) is 7.21. The van der Waals surface area contributed by atoms with E-state index in [0.29, 0.717) is 17.8 Å². The van der Waals surface area contributed by atoms with Gasteiger partial charge >= 0.3 is 0 Å². The number of nitrogens with zero attached hydrogens (tertiary/aromatic N) is 2. The van der Waals surface area contributed by atoms with Gasteiger partial charge in [-0.2, -0.15) is 10.2 Å². The molecule has 0 aromatic heterocycles. The first kappa shape index (κ1) is 17.5. The minimum Gasteiger partial charge on any atom is -0.356 e. The van der Waals surface area contributed by atoms with Crippen LogP contribution in [0.1, 0.15) is 39.2 Å². The Labute approximate surface area is 147 Å². The van der Waals surface area contributed by atoms with Crippen molar-refractivity contribution in [2.45, 2.75) is 39.2 Å². The standard InChI is InChI=1S/C20H24FN3O/c1-5-22-18(25)19(3)11-10-15-13(2)12-17(23-24-20(15,19)4)14-8-6-7-9-16(14)21/h6-9,12,15H,2,5,10-11H2,1,3-4H3,(H,22,25)/t15?,19?,20-/m0/s1. The molecular formula is C20H24FN3O. The smallest absolute Gasteiger partial charge is 0.228 e. The summed E-state index contributed by atoms with van der Waals surface area (Å²) in [5, 5.41) is 11.9. The molecule has 1 fully saturated rings. The SMILES string of the molecule is C=C1C=C(c2ccccc2F)N=N[C@@]2(C)C1CCC2(C)C(=O)NCC. The number of benzene rings is 1. The summed E-state index contributed by atoms with van der Waals surface area (Å²) in [4.78, 5) is 12.7. The zero-order valence-corrected chi connectivity index (χ0v) is 15.0. The second kappa shape index (κ2) is 6.21. The molecule has 25 heavy (non-hydrogen) atoms. The highest BCUT2D eigenvalue weighted by atomic mass is 19.1. The number of fused-ring (bicyclic) bond motifs is 1. The molecule has 5 heteroatoms. The number of nitrogens with one attached hydrogen (secondary N) is 1. The Morgan fingerprint density at radius 3 is 2.80 bits per heavy atom. The lowest BCUT2D eigenvalue weighted by atomic mass is 9.69. The number of hydrogen-bond donors (Lipinski definition) is 1. The quantitative estimate of drug-likeness (QED) is 0.864. The van der Waals surface area contributed by atoms with E-state index in [4.69, 9.17) is 0 Å². The fourth-order valence-corrected chi connectivity index (χ4v) is 4.04. The lowest BCUT2D eigenvalue weighted by Crippen LogP contribution is -2.51. The van der Waals surface area contributed by atoms with Gasteiger partial charge in [-0.15, -0.1) is 0 Å². The molecule has 0 radical (unpaired) electrons. The van der Waals surface area contributed by atoms with Crippen LogP contribution in [0, 0.1) is 17.2 Å². The van der Waals surface area contributed by atoms with Gasteiger partial charge in [0.25, 0.3) is 0 Å². The Bertz CT molecular complexity index is 785. The van der Waals surface area contributed by atoms with Crippen molar-refractivity contribution >= 4 is 11.6 Å². The highest BCUT2D eigenvalue weighted by Gasteiger charge is 2.60. The van der Waals surface area contributed by atoms with Gasteiger partial charge in [-0.3, -0.25) is 4.79 Å². The van der Waals surface area contributed by atoms with Crippen LogP contribution in [-0.2, 0) is 4.79 Å². The highest BCUT2D eigenvalue weighted by Crippen LogP contribution is 2.56. The average molecular weight is 341 g/mol. The van der Waals surface area contributed by atoms with Gasteiger partial charge < -0.3 is 5.32 Å². The van der Waals surface area contributed by atoms with Crippen molar-refractivity contribution in [2.24, 2.45) is 21.6 Å². The summed E-state index contributed by atoms with van der Waals surface area (Å²) in [5.41, 5.74) is 0.331. The van der Waals surface area contributed by atoms with Crippen LogP contribution in [0.25, 0.3) is 5.70 Å². The van der Waals surface area contributed by atoms with Crippen LogP contribution in [0.15, 0.2) is 52.7 Å². The molecule has 1 aromatic carbocycles. The van der Waals surface area contributed by atoms with Gasteiger partial charge in [0.2, 0.25) is 5.91 Å². The number of azo groups is 1. The fourth-order valence-electron chi connectivity index (χ4n) is 4.04. The van der Waals surface area contributed by atoms with Crippen LogP contribution in [0.3, 0.4) is 0 Å². The van der Waals surface area contributed by atoms with Gasteiger partial charge in [-0.05, 0) is 57.4 Å². The van der Waals surface area contributed by atoms with Gasteiger partial charge in [-0.25, -0.2) is 4.39 Å². The predicted octanol–water partition coefficient (Wildman–Crippen LogP) is 4.50. The maximum absolute atomic E-state index is 14.2. The molecule has 2 aliphatic rings. The van der Waals surface area contributed by atoms with E-state index in [2.05, 4.69) is 22.1 Å². The van der Waals surface area contributed by atoms with E-state index >= 15 is 0 Å². The first-order chi connectivity index (χ1) is 11.8. The number of amides is 1. The molecule has 0 spiro atoms. The van der Waals surface area contributed by atoms with E-state index in [-0.39, 0.29) is 17.6 Å². The molecule has 1 aliphatic heterocycles. The number of allylic oxidation sites excluding steroid dienone is 1. The lowest BCUT2D eigenvalue weighted by molar-refractivity contribution is -0.132. The van der Waals surface area contributed by atoms with E-state index < -0.39 is 11.0 Å². The van der Waals surface area contributed by atoms with Crippen LogP contribution in [-0.4, -0.2) is 18.0 Å². The van der Waals surface area contributed by atoms with Crippen molar-refractivity contribution < 1.29 is 9.18 Å². The number of hydrogen-bond acceptors (Lipinski definition) is 3. The Morgan fingerprint density at radius 1 is 1.40 bits per heavy atom. The largest absolute Gasteiger partial charge is 0.356 e. The molecule has 1 saturated carbocycles. The molecule has 1 N–H and O–H groups in total. The van der Waals surface area contributed by atoms with Gasteiger partial charge in [0.05, 0.1) is 11.1 Å². The van der Waals surface area contributed by atoms with Crippen LogP contribution < -0.4 is 5.32 Å². The molecular weight excluding hydrogens is 317 g/mol. The number of carbonyl (C=O) groups excluding carboxylic acids is 1. The molecule has 1 heterocycles. The minimum atomic E-state index is -0.702. The molecule has 3 atom stereocenters. The van der Waals surface area contributed by atoms with Crippen molar-refractivity contribution in [1.82, 2.24) is 5.32 Å². The number of carbonyl (C=O) groups is 1. The maximum Gasteiger partial charge on any atom is 0.228 e. The van der Waals surface area contributed by atoms with Crippen LogP contribution in [0.2, 0.25) is 0 Å². The van der Waals surface area contributed by atoms with E-state index in [0.717, 1.165) is 18.4 Å². The molecule has 1 amide bonds. The minimum absolute atomic E-state index is 0.00753. The summed E-state index contributed by atoms with van der Waals surface area (Å²) < 4.78 is 14.2. The Morgan fingerprint density at radius 2 is 2.12 bits per heavy atom. The molecule has 4 nitrogen and oxygen atoms in total. The second-order valence-corrected chi connectivity index (χ2v) is 7.21. The third kappa shape index (κ3) is 2.62. The normalized spacial score (nSPS) is 31.3. The van der Waals surface area contributed by atoms with Gasteiger partial charge in [-0.1, -0.05) is 18.7 Å². The van der Waals surface area contributed by atoms with Gasteiger partial charge in [0.15, 0.2) is 0 Å². The lowest BCUT2D eigenvalue weighted by Gasteiger charge is -2.38. The number of halogens is 1. The van der Waals surface area contributed by atoms with Crippen molar-refractivity contribution in [3.05, 3.63) is 53.9 Å². The summed E-state index contributed by atoms with van der Waals surface area (Å²) in [7, 11) is 0. The van der Waals surface area contributed by atoms with Gasteiger partial charge in [0.1, 0.15) is 11.4 Å². The Kier molecular flexibility index (Phi) is 4.35. The molecule has 2 unspecified atom stereocenters. The topological polar surface area (TPSA) is 53.8 Å². The average Bonchev–Trinajstić information content (AvgIpc) is 2.77. The maximum atomic E-state index is 14.2. The third-order valence-electron chi connectivity index (χ3n) is 5.85. The van der Waals surface area contributed by atoms with Crippen molar-refractivity contribution in [3.63, 3.8) is 0 Å². The highest BCUT2D eigenvalue weighted by molar-refractivity contribution is 5.85. The summed E-state index contributed by atoms with van der Waals surface area (Å²) in [6.45, 7) is 10.6. The zero-order chi connectivity index (χ0) is 18.2. The summed E-state index contributed by atoms with van der Waals surface area (Å²) >= 11 is 0. The summed E-state index contributed by atoms with van der Waals surface area (Å²) in [5.74, 6) is -0.349. The van der Waals surface area contributed by atoms with E-state index in [1.165, 1.54) is 6.07 Å². The molecule has 0 bridgehead atoms. The van der Waals surface area contributed by atoms with Gasteiger partial charge in [0, 0.05) is 18.0 Å². The molecule has 132 valence electrons. The summed E-state index contributed by atoms with van der Waals surface area (Å²) in [6, 6.07) is 6.49. The first-order valence-electron chi connectivity index (χ1n) is 8.70. The molecule has 0 saturated heterocycles. The Balaban J connectivity index is 2.05. The van der Waals surface area contributed by atoms with E-state index in [1.54, 1.807) is 24.3 Å². The van der Waals surface area contributed by atoms with E-state index in [9.17, 15) is 9.18 Å². The fraction of sp³-hybridized carbons (Fsp3) is 0.450. The number of rotatable bonds is 3. The van der Waals surface area contributed by atoms with Crippen molar-refractivity contribution in [2.75, 3.05) is 6.54 Å². The first-order valence-corrected chi connectivity index (χ1v) is 8.70. The monoisotopic (exact) mass is 341 g/mol. The molecule has 3 rings (SSSR count). The molecule has 1 aliphatic carbocycles. The predicted molar refractivity (Wildman–Crippen MR) is 96.3 cm³/mol. The zero-order valence-electron chi connectivity index (χ0n) is 15.0. The van der Waals surface area contributed by atoms with Crippen LogP contribution in [0.4, 0.5) is 4.39 Å².